The highest BCUT2D eigenvalue weighted by molar-refractivity contribution is 5.92. The number of carboxylic acid groups (broad SMARTS) is 1. The molecule has 5 aromatic rings. The van der Waals surface area contributed by atoms with E-state index < -0.39 is 29.4 Å². The number of hydrogen-bond acceptors (Lipinski definition) is 4. The Morgan fingerprint density at radius 1 is 1.00 bits per heavy atom. The van der Waals surface area contributed by atoms with Gasteiger partial charge in [0, 0.05) is 35.6 Å². The Kier molecular flexibility index (Phi) is 8.36. The van der Waals surface area contributed by atoms with Crippen molar-refractivity contribution in [1.29, 1.82) is 0 Å². The SMILES string of the molecule is [C-]#[N+]c1ccc(COc2cccc(-c3ccc(Cc4nc5ccc(C(=O)O)cc5n4CC(C)(C)C(F)F)c(F)c3)n2)c(F)c1. The van der Waals surface area contributed by atoms with Crippen molar-refractivity contribution in [2.24, 2.45) is 5.41 Å². The topological polar surface area (TPSA) is 81.6 Å². The second kappa shape index (κ2) is 12.2. The molecule has 44 heavy (non-hydrogen) atoms. The zero-order valence-electron chi connectivity index (χ0n) is 23.7. The number of benzene rings is 3. The zero-order chi connectivity index (χ0) is 31.6. The molecule has 0 unspecified atom stereocenters. The Morgan fingerprint density at radius 2 is 1.75 bits per heavy atom. The Morgan fingerprint density at radius 3 is 2.43 bits per heavy atom. The van der Waals surface area contributed by atoms with Gasteiger partial charge in [0.15, 0.2) is 5.69 Å². The van der Waals surface area contributed by atoms with E-state index in [4.69, 9.17) is 11.3 Å². The average Bonchev–Trinajstić information content (AvgIpc) is 3.32. The normalized spacial score (nSPS) is 11.6. The van der Waals surface area contributed by atoms with Crippen molar-refractivity contribution in [2.75, 3.05) is 0 Å². The van der Waals surface area contributed by atoms with E-state index in [1.807, 2.05) is 0 Å². The molecule has 3 aromatic carbocycles. The van der Waals surface area contributed by atoms with Crippen LogP contribution >= 0.6 is 0 Å². The van der Waals surface area contributed by atoms with Crippen molar-refractivity contribution < 1.29 is 32.2 Å². The Bertz CT molecular complexity index is 1910. The van der Waals surface area contributed by atoms with Gasteiger partial charge >= 0.3 is 5.97 Å². The molecule has 0 amide bonds. The van der Waals surface area contributed by atoms with Crippen LogP contribution in [-0.4, -0.2) is 32.0 Å². The molecule has 0 aliphatic carbocycles. The molecule has 2 aromatic heterocycles. The van der Waals surface area contributed by atoms with Crippen molar-refractivity contribution >= 4 is 22.7 Å². The number of carbonyl (C=O) groups is 1. The number of imidazole rings is 1. The molecule has 0 aliphatic rings. The number of fused-ring (bicyclic) bond motifs is 1. The minimum atomic E-state index is -2.66. The number of carboxylic acids is 1. The molecule has 0 fully saturated rings. The van der Waals surface area contributed by atoms with Crippen molar-refractivity contribution in [2.45, 2.75) is 39.8 Å². The molecule has 0 bridgehead atoms. The number of rotatable bonds is 10. The molecule has 0 saturated heterocycles. The fourth-order valence-electron chi connectivity index (χ4n) is 4.64. The number of nitrogens with zero attached hydrogens (tertiary/aromatic N) is 4. The van der Waals surface area contributed by atoms with Crippen LogP contribution in [-0.2, 0) is 19.6 Å². The van der Waals surface area contributed by atoms with E-state index in [0.717, 1.165) is 6.07 Å². The van der Waals surface area contributed by atoms with Crippen LogP contribution in [0, 0.1) is 23.6 Å². The van der Waals surface area contributed by atoms with Gasteiger partial charge in [-0.05, 0) is 42.0 Å². The predicted octanol–water partition coefficient (Wildman–Crippen LogP) is 8.09. The fraction of sp³-hybridized carbons (Fsp3) is 0.212. The van der Waals surface area contributed by atoms with Crippen LogP contribution in [0.5, 0.6) is 5.88 Å². The lowest BCUT2D eigenvalue weighted by Gasteiger charge is -2.25. The molecular formula is C33H26F4N4O3. The lowest BCUT2D eigenvalue weighted by atomic mass is 9.94. The smallest absolute Gasteiger partial charge is 0.335 e. The van der Waals surface area contributed by atoms with Gasteiger partial charge in [0.2, 0.25) is 12.3 Å². The molecule has 224 valence electrons. The predicted molar refractivity (Wildman–Crippen MR) is 156 cm³/mol. The van der Waals surface area contributed by atoms with E-state index in [1.165, 1.54) is 54.8 Å². The first-order chi connectivity index (χ1) is 20.9. The third-order valence-corrected chi connectivity index (χ3v) is 7.19. The molecule has 2 heterocycles. The second-order valence-electron chi connectivity index (χ2n) is 10.9. The van der Waals surface area contributed by atoms with E-state index in [-0.39, 0.29) is 47.8 Å². The lowest BCUT2D eigenvalue weighted by molar-refractivity contribution is 0.00857. The molecule has 7 nitrogen and oxygen atoms in total. The number of pyridine rings is 1. The maximum Gasteiger partial charge on any atom is 0.335 e. The molecule has 0 atom stereocenters. The average molecular weight is 603 g/mol. The van der Waals surface area contributed by atoms with E-state index in [2.05, 4.69) is 14.8 Å². The number of aromatic carboxylic acids is 1. The summed E-state index contributed by atoms with van der Waals surface area (Å²) < 4.78 is 64.5. The summed E-state index contributed by atoms with van der Waals surface area (Å²) in [6, 6.07) is 17.8. The monoisotopic (exact) mass is 602 g/mol. The van der Waals surface area contributed by atoms with Crippen LogP contribution in [0.25, 0.3) is 27.1 Å². The van der Waals surface area contributed by atoms with Crippen LogP contribution < -0.4 is 4.74 Å². The maximum absolute atomic E-state index is 15.5. The summed E-state index contributed by atoms with van der Waals surface area (Å²) >= 11 is 0. The van der Waals surface area contributed by atoms with Crippen molar-refractivity contribution in [1.82, 2.24) is 14.5 Å². The summed E-state index contributed by atoms with van der Waals surface area (Å²) in [5, 5.41) is 9.45. The summed E-state index contributed by atoms with van der Waals surface area (Å²) in [5.41, 5.74) is 0.841. The third-order valence-electron chi connectivity index (χ3n) is 7.19. The van der Waals surface area contributed by atoms with Gasteiger partial charge in [-0.25, -0.2) is 37.2 Å². The van der Waals surface area contributed by atoms with Gasteiger partial charge in [0.25, 0.3) is 0 Å². The molecule has 1 N–H and O–H groups in total. The third kappa shape index (κ3) is 6.39. The van der Waals surface area contributed by atoms with Gasteiger partial charge in [-0.2, -0.15) is 0 Å². The number of alkyl halides is 2. The molecule has 11 heteroatoms. The first kappa shape index (κ1) is 30.2. The van der Waals surface area contributed by atoms with Gasteiger partial charge in [-0.15, -0.1) is 0 Å². The molecule has 0 radical (unpaired) electrons. The van der Waals surface area contributed by atoms with E-state index in [9.17, 15) is 23.1 Å². The molecule has 0 aliphatic heterocycles. The van der Waals surface area contributed by atoms with Gasteiger partial charge in [0.1, 0.15) is 24.1 Å². The molecular weight excluding hydrogens is 576 g/mol. The van der Waals surface area contributed by atoms with Gasteiger partial charge in [0.05, 0.1) is 28.9 Å². The lowest BCUT2D eigenvalue weighted by Crippen LogP contribution is -2.28. The summed E-state index contributed by atoms with van der Waals surface area (Å²) in [6.07, 6.45) is -2.69. The summed E-state index contributed by atoms with van der Waals surface area (Å²) in [5.74, 6) is -1.80. The van der Waals surface area contributed by atoms with Crippen LogP contribution in [0.2, 0.25) is 0 Å². The van der Waals surface area contributed by atoms with E-state index in [1.54, 1.807) is 30.3 Å². The zero-order valence-corrected chi connectivity index (χ0v) is 23.7. The summed E-state index contributed by atoms with van der Waals surface area (Å²) in [6.45, 7) is 9.49. The van der Waals surface area contributed by atoms with Crippen LogP contribution in [0.15, 0.2) is 72.8 Å². The highest BCUT2D eigenvalue weighted by Crippen LogP contribution is 2.32. The second-order valence-corrected chi connectivity index (χ2v) is 10.9. The first-order valence-corrected chi connectivity index (χ1v) is 13.5. The Labute approximate surface area is 250 Å². The fourth-order valence-corrected chi connectivity index (χ4v) is 4.64. The van der Waals surface area contributed by atoms with Crippen LogP contribution in [0.3, 0.4) is 0 Å². The Balaban J connectivity index is 1.40. The number of hydrogen-bond donors (Lipinski definition) is 1. The molecule has 0 saturated carbocycles. The largest absolute Gasteiger partial charge is 0.478 e. The van der Waals surface area contributed by atoms with Crippen molar-refractivity contribution in [3.63, 3.8) is 0 Å². The summed E-state index contributed by atoms with van der Waals surface area (Å²) in [7, 11) is 0. The van der Waals surface area contributed by atoms with Crippen LogP contribution in [0.1, 0.15) is 41.2 Å². The first-order valence-electron chi connectivity index (χ1n) is 13.5. The highest BCUT2D eigenvalue weighted by atomic mass is 19.3. The minimum absolute atomic E-state index is 0.0163. The van der Waals surface area contributed by atoms with Gasteiger partial charge in [-0.3, -0.25) is 0 Å². The number of halogens is 4. The minimum Gasteiger partial charge on any atom is -0.478 e. The van der Waals surface area contributed by atoms with Gasteiger partial charge in [-0.1, -0.05) is 44.2 Å². The number of aromatic nitrogens is 3. The van der Waals surface area contributed by atoms with Gasteiger partial charge < -0.3 is 14.4 Å². The Hall–Kier alpha value is -5.24. The van der Waals surface area contributed by atoms with Crippen LogP contribution in [0.4, 0.5) is 23.2 Å². The number of ether oxygens (including phenoxy) is 1. The van der Waals surface area contributed by atoms with Crippen molar-refractivity contribution in [3.8, 4) is 17.1 Å². The summed E-state index contributed by atoms with van der Waals surface area (Å²) in [4.78, 5) is 23.7. The van der Waals surface area contributed by atoms with E-state index in [0.29, 0.717) is 28.1 Å². The van der Waals surface area contributed by atoms with Crippen molar-refractivity contribution in [3.05, 3.63) is 118 Å². The van der Waals surface area contributed by atoms with E-state index >= 15 is 4.39 Å². The molecule has 5 rings (SSSR count). The highest BCUT2D eigenvalue weighted by Gasteiger charge is 2.32. The quantitative estimate of drug-likeness (QED) is 0.129. The maximum atomic E-state index is 15.5. The molecule has 0 spiro atoms. The standard InChI is InChI=1S/C33H26F4N4O3/c1-33(2,32(36)37)18-41-28-14-21(31(42)43)10-12-27(28)39-29(41)15-19-7-8-20(13-24(19)34)26-5-4-6-30(40-26)44-17-22-9-11-23(38-3)16-25(22)35/h4-14,16,32H,15,17-18H2,1-2H3,(H,42,43).